The molecular weight excluding hydrogens is 478 g/mol. The average Bonchev–Trinajstić information content (AvgIpc) is 2.92. The predicted octanol–water partition coefficient (Wildman–Crippen LogP) is 9.43. The molecule has 0 heterocycles. The quantitative estimate of drug-likeness (QED) is 0.123. The van der Waals surface area contributed by atoms with Gasteiger partial charge in [0, 0.05) is 18.1 Å². The minimum atomic E-state index is 0.263. The second kappa shape index (κ2) is 15.5. The number of nitrogens with zero attached hydrogens (tertiary/aromatic N) is 1. The zero-order chi connectivity index (χ0) is 26.5. The first kappa shape index (κ1) is 28.8. The van der Waals surface area contributed by atoms with E-state index in [2.05, 4.69) is 62.1 Å². The summed E-state index contributed by atoms with van der Waals surface area (Å²) in [4.78, 5) is 2.44. The monoisotopic (exact) mass is 519 g/mol. The van der Waals surface area contributed by atoms with Gasteiger partial charge in [-0.1, -0.05) is 94.5 Å². The molecular formula is C33H42ClNO2. The molecule has 0 saturated carbocycles. The highest BCUT2D eigenvalue weighted by Gasteiger charge is 2.14. The van der Waals surface area contributed by atoms with Gasteiger partial charge < -0.3 is 9.84 Å². The van der Waals surface area contributed by atoms with Gasteiger partial charge in [-0.05, 0) is 83.5 Å². The molecule has 0 aliphatic heterocycles. The van der Waals surface area contributed by atoms with Crippen molar-refractivity contribution < 1.29 is 9.84 Å². The highest BCUT2D eigenvalue weighted by Crippen LogP contribution is 2.36. The molecule has 0 aliphatic rings. The smallest absolute Gasteiger partial charge is 0.142 e. The molecule has 0 bridgehead atoms. The fraction of sp³-hybridized carbons (Fsp3) is 0.394. The van der Waals surface area contributed by atoms with Crippen molar-refractivity contribution in [2.75, 3.05) is 19.8 Å². The summed E-state index contributed by atoms with van der Waals surface area (Å²) in [5.41, 5.74) is 5.71. The number of hydrogen-bond acceptors (Lipinski definition) is 3. The molecule has 4 heteroatoms. The van der Waals surface area contributed by atoms with Crippen LogP contribution in [0.3, 0.4) is 0 Å². The second-order valence-electron chi connectivity index (χ2n) is 9.59. The van der Waals surface area contributed by atoms with Gasteiger partial charge in [0.25, 0.3) is 0 Å². The number of benzene rings is 3. The molecule has 3 aromatic carbocycles. The molecule has 37 heavy (non-hydrogen) atoms. The lowest BCUT2D eigenvalue weighted by atomic mass is 9.88. The van der Waals surface area contributed by atoms with Crippen molar-refractivity contribution in [2.45, 2.75) is 65.7 Å². The number of allylic oxidation sites excluding steroid dienone is 1. The van der Waals surface area contributed by atoms with Crippen molar-refractivity contribution in [3.05, 3.63) is 94.5 Å². The van der Waals surface area contributed by atoms with Gasteiger partial charge in [-0.2, -0.15) is 0 Å². The van der Waals surface area contributed by atoms with E-state index in [-0.39, 0.29) is 5.75 Å². The maximum atomic E-state index is 9.88. The summed E-state index contributed by atoms with van der Waals surface area (Å²) < 4.78 is 6.23. The summed E-state index contributed by atoms with van der Waals surface area (Å²) in [7, 11) is 0. The van der Waals surface area contributed by atoms with E-state index in [1.54, 1.807) is 12.1 Å². The number of phenols is 1. The third-order valence-corrected chi connectivity index (χ3v) is 6.97. The number of rotatable bonds is 15. The molecule has 3 aromatic rings. The van der Waals surface area contributed by atoms with E-state index in [0.717, 1.165) is 52.5 Å². The number of aromatic hydroxyl groups is 1. The Bertz CT molecular complexity index is 1080. The van der Waals surface area contributed by atoms with Crippen molar-refractivity contribution in [2.24, 2.45) is 0 Å². The minimum Gasteiger partial charge on any atom is -0.508 e. The van der Waals surface area contributed by atoms with Crippen LogP contribution in [0.25, 0.3) is 11.1 Å². The van der Waals surface area contributed by atoms with Crippen LogP contribution in [0.1, 0.15) is 82.4 Å². The number of halogens is 1. The number of hydrogen-bond donors (Lipinski definition) is 1. The van der Waals surface area contributed by atoms with Gasteiger partial charge in [0.1, 0.15) is 18.2 Å². The predicted molar refractivity (Wildman–Crippen MR) is 158 cm³/mol. The van der Waals surface area contributed by atoms with Gasteiger partial charge in [0.2, 0.25) is 0 Å². The molecule has 0 aromatic heterocycles. The van der Waals surface area contributed by atoms with Crippen molar-refractivity contribution >= 4 is 22.7 Å². The Morgan fingerprint density at radius 2 is 1.22 bits per heavy atom. The maximum Gasteiger partial charge on any atom is 0.142 e. The van der Waals surface area contributed by atoms with Crippen molar-refractivity contribution in [3.8, 4) is 11.5 Å². The summed E-state index contributed by atoms with van der Waals surface area (Å²) in [5.74, 6) is 1.15. The van der Waals surface area contributed by atoms with E-state index in [4.69, 9.17) is 16.3 Å². The van der Waals surface area contributed by atoms with Gasteiger partial charge in [0.05, 0.1) is 0 Å². The van der Waals surface area contributed by atoms with Crippen LogP contribution in [0.4, 0.5) is 0 Å². The zero-order valence-corrected chi connectivity index (χ0v) is 23.4. The number of phenolic OH excluding ortho intramolecular Hbond substituents is 1. The van der Waals surface area contributed by atoms with Gasteiger partial charge >= 0.3 is 0 Å². The number of unbranched alkanes of at least 4 members (excludes halogenated alkanes) is 4. The molecule has 198 valence electrons. The van der Waals surface area contributed by atoms with Crippen LogP contribution >= 0.6 is 11.6 Å². The summed E-state index contributed by atoms with van der Waals surface area (Å²) in [6, 6.07) is 23.9. The molecule has 0 fully saturated rings. The fourth-order valence-electron chi connectivity index (χ4n) is 4.61. The summed E-state index contributed by atoms with van der Waals surface area (Å²) >= 11 is 6.17. The molecule has 3 nitrogen and oxygen atoms in total. The third-order valence-electron chi connectivity index (χ3n) is 6.72. The Kier molecular flexibility index (Phi) is 12.1. The Morgan fingerprint density at radius 1 is 0.703 bits per heavy atom. The molecule has 0 unspecified atom stereocenters. The Hall–Kier alpha value is -2.75. The lowest BCUT2D eigenvalue weighted by Crippen LogP contribution is -2.30. The first-order valence-electron chi connectivity index (χ1n) is 13.8. The average molecular weight is 520 g/mol. The Morgan fingerprint density at radius 3 is 1.73 bits per heavy atom. The van der Waals surface area contributed by atoms with Gasteiger partial charge in [0.15, 0.2) is 0 Å². The van der Waals surface area contributed by atoms with Crippen LogP contribution in [-0.2, 0) is 0 Å². The van der Waals surface area contributed by atoms with Gasteiger partial charge in [-0.15, -0.1) is 0 Å². The molecule has 0 spiro atoms. The van der Waals surface area contributed by atoms with Crippen molar-refractivity contribution in [3.63, 3.8) is 0 Å². The Labute approximate surface area is 228 Å². The van der Waals surface area contributed by atoms with Crippen LogP contribution in [-0.4, -0.2) is 29.8 Å². The fourth-order valence-corrected chi connectivity index (χ4v) is 4.74. The van der Waals surface area contributed by atoms with Gasteiger partial charge in [-0.3, -0.25) is 4.90 Å². The number of ether oxygens (including phenoxy) is 1. The minimum absolute atomic E-state index is 0.263. The molecule has 0 saturated heterocycles. The maximum absolute atomic E-state index is 9.88. The van der Waals surface area contributed by atoms with E-state index >= 15 is 0 Å². The SMILES string of the molecule is CCCCCN(CCCCC)COc1ccc(/C(=C(\CC)c2ccc(Cl)cc2)c2ccc(O)cc2)cc1. The van der Waals surface area contributed by atoms with E-state index in [0.29, 0.717) is 6.73 Å². The van der Waals surface area contributed by atoms with E-state index in [1.807, 2.05) is 24.3 Å². The van der Waals surface area contributed by atoms with E-state index < -0.39 is 0 Å². The molecule has 0 radical (unpaired) electrons. The van der Waals surface area contributed by atoms with E-state index in [9.17, 15) is 5.11 Å². The normalized spacial score (nSPS) is 12.0. The first-order valence-corrected chi connectivity index (χ1v) is 14.2. The molecule has 1 N–H and O–H groups in total. The standard InChI is InChI=1S/C33H42ClNO2/c1-4-7-9-23-35(24-10-8-5-2)25-37-31-21-15-28(16-22-31)33(27-13-19-30(36)20-14-27)32(6-3)26-11-17-29(34)18-12-26/h11-22,36H,4-10,23-25H2,1-3H3/b33-32+. The zero-order valence-electron chi connectivity index (χ0n) is 22.7. The molecule has 3 rings (SSSR count). The molecule has 0 amide bonds. The van der Waals surface area contributed by atoms with Crippen LogP contribution in [0, 0.1) is 0 Å². The largest absolute Gasteiger partial charge is 0.508 e. The second-order valence-corrected chi connectivity index (χ2v) is 10.0. The van der Waals surface area contributed by atoms with Gasteiger partial charge in [-0.25, -0.2) is 0 Å². The third kappa shape index (κ3) is 8.94. The lowest BCUT2D eigenvalue weighted by molar-refractivity contribution is 0.121. The lowest BCUT2D eigenvalue weighted by Gasteiger charge is -2.23. The first-order chi connectivity index (χ1) is 18.0. The van der Waals surface area contributed by atoms with Crippen molar-refractivity contribution in [1.29, 1.82) is 0 Å². The highest BCUT2D eigenvalue weighted by atomic mass is 35.5. The summed E-state index contributed by atoms with van der Waals surface area (Å²) in [5, 5.41) is 10.6. The van der Waals surface area contributed by atoms with Crippen LogP contribution in [0.2, 0.25) is 5.02 Å². The summed E-state index contributed by atoms with van der Waals surface area (Å²) in [6.07, 6.45) is 8.29. The molecule has 0 aliphatic carbocycles. The van der Waals surface area contributed by atoms with Crippen molar-refractivity contribution in [1.82, 2.24) is 4.90 Å². The highest BCUT2D eigenvalue weighted by molar-refractivity contribution is 6.30. The summed E-state index contributed by atoms with van der Waals surface area (Å²) in [6.45, 7) is 9.47. The van der Waals surface area contributed by atoms with Crippen LogP contribution in [0.15, 0.2) is 72.8 Å². The Balaban J connectivity index is 1.85. The van der Waals surface area contributed by atoms with Crippen LogP contribution in [0.5, 0.6) is 11.5 Å². The topological polar surface area (TPSA) is 32.7 Å². The van der Waals surface area contributed by atoms with E-state index in [1.165, 1.54) is 44.1 Å². The van der Waals surface area contributed by atoms with Crippen LogP contribution < -0.4 is 4.74 Å². The molecule has 0 atom stereocenters.